The minimum Gasteiger partial charge on any atom is -0.330 e. The van der Waals surface area contributed by atoms with E-state index < -0.39 is 6.17 Å². The van der Waals surface area contributed by atoms with Gasteiger partial charge in [-0.3, -0.25) is 0 Å². The zero-order chi connectivity index (χ0) is 7.11. The molecule has 0 fully saturated rings. The molecule has 0 saturated heterocycles. The molecule has 0 heterocycles. The van der Waals surface area contributed by atoms with Gasteiger partial charge in [-0.25, -0.2) is 0 Å². The van der Waals surface area contributed by atoms with Crippen LogP contribution in [-0.2, 0) is 0 Å². The zero-order valence-electron chi connectivity index (χ0n) is 4.55. The monoisotopic (exact) mass is 127 g/mol. The predicted molar refractivity (Wildman–Crippen MR) is 31.1 cm³/mol. The largest absolute Gasteiger partial charge is 0.330 e. The summed E-state index contributed by atoms with van der Waals surface area (Å²) in [5.74, 6) is 0. The Labute approximate surface area is 50.7 Å². The zero-order valence-corrected chi connectivity index (χ0v) is 4.55. The molecule has 0 aliphatic rings. The number of azide groups is 1. The first kappa shape index (κ1) is 7.58. The van der Waals surface area contributed by atoms with E-state index >= 15 is 0 Å². The fraction of sp³-hybridized carbons (Fsp3) is 1.00. The Morgan fingerprint density at radius 1 is 1.33 bits per heavy atom. The van der Waals surface area contributed by atoms with Gasteiger partial charge in [0.1, 0.15) is 6.17 Å². The molecular weight excluding hydrogens is 122 g/mol. The van der Waals surface area contributed by atoms with E-state index in [9.17, 15) is 0 Å². The summed E-state index contributed by atoms with van der Waals surface area (Å²) < 4.78 is 0. The van der Waals surface area contributed by atoms with Gasteiger partial charge >= 0.3 is 0 Å². The summed E-state index contributed by atoms with van der Waals surface area (Å²) in [6.07, 6.45) is -0.792. The first-order valence-corrected chi connectivity index (χ1v) is 2.13. The van der Waals surface area contributed by atoms with Crippen molar-refractivity contribution in [3.05, 3.63) is 20.9 Å². The van der Waals surface area contributed by atoms with Gasteiger partial charge in [-0.1, -0.05) is 10.2 Å². The molecule has 7 nitrogen and oxygen atoms in total. The molecule has 0 rings (SSSR count). The summed E-state index contributed by atoms with van der Waals surface area (Å²) in [4.78, 5) is 4.81. The number of nitrogens with zero attached hydrogens (tertiary/aromatic N) is 6. The molecule has 0 amide bonds. The summed E-state index contributed by atoms with van der Waals surface area (Å²) in [5, 5.41) is 6.14. The van der Waals surface area contributed by atoms with Gasteiger partial charge in [-0.15, -0.1) is 0 Å². The van der Waals surface area contributed by atoms with Gasteiger partial charge in [0.05, 0.1) is 0 Å². The first-order chi connectivity index (χ1) is 4.35. The van der Waals surface area contributed by atoms with E-state index in [1.807, 2.05) is 0 Å². The quantitative estimate of drug-likeness (QED) is 0.337. The third kappa shape index (κ3) is 3.19. The van der Waals surface area contributed by atoms with Crippen LogP contribution in [0.3, 0.4) is 0 Å². The van der Waals surface area contributed by atoms with Crippen molar-refractivity contribution in [1.29, 1.82) is 0 Å². The van der Waals surface area contributed by atoms with E-state index in [2.05, 4.69) is 20.1 Å². The standard InChI is InChI=1S/C2H5N7/c3-1-2(6-8-4)7-9-5/h2H,1,3H2. The highest BCUT2D eigenvalue weighted by Gasteiger charge is 1.95. The topological polar surface area (TPSA) is 124 Å². The van der Waals surface area contributed by atoms with Crippen LogP contribution in [0.4, 0.5) is 0 Å². The number of rotatable bonds is 3. The third-order valence-corrected chi connectivity index (χ3v) is 0.581. The molecule has 0 atom stereocenters. The van der Waals surface area contributed by atoms with Crippen LogP contribution in [0.25, 0.3) is 20.9 Å². The van der Waals surface area contributed by atoms with Crippen molar-refractivity contribution in [1.82, 2.24) is 0 Å². The lowest BCUT2D eigenvalue weighted by atomic mass is 10.6. The molecule has 2 N–H and O–H groups in total. The maximum absolute atomic E-state index is 7.81. The van der Waals surface area contributed by atoms with Crippen LogP contribution in [-0.4, -0.2) is 12.7 Å². The van der Waals surface area contributed by atoms with Gasteiger partial charge in [0.2, 0.25) is 0 Å². The first-order valence-electron chi connectivity index (χ1n) is 2.13. The SMILES string of the molecule is [N-]=[N+]=NC(CN)N=[N+]=[N-]. The Hall–Kier alpha value is -1.42. The van der Waals surface area contributed by atoms with Crippen LogP contribution in [0.15, 0.2) is 10.2 Å². The highest BCUT2D eigenvalue weighted by molar-refractivity contribution is 4.64. The van der Waals surface area contributed by atoms with Crippen molar-refractivity contribution in [3.63, 3.8) is 0 Å². The van der Waals surface area contributed by atoms with Gasteiger partial charge in [-0.05, 0) is 11.1 Å². The molecule has 0 aromatic rings. The smallest absolute Gasteiger partial charge is 0.128 e. The molecule has 9 heavy (non-hydrogen) atoms. The van der Waals surface area contributed by atoms with Crippen LogP contribution < -0.4 is 5.73 Å². The second-order valence-electron chi connectivity index (χ2n) is 1.13. The van der Waals surface area contributed by atoms with Crippen molar-refractivity contribution in [3.8, 4) is 0 Å². The van der Waals surface area contributed by atoms with E-state index in [0.29, 0.717) is 0 Å². The molecule has 0 aromatic heterocycles. The van der Waals surface area contributed by atoms with Gasteiger partial charge in [0, 0.05) is 16.4 Å². The van der Waals surface area contributed by atoms with Crippen LogP contribution in [0.5, 0.6) is 0 Å². The fourth-order valence-corrected chi connectivity index (χ4v) is 0.237. The van der Waals surface area contributed by atoms with Crippen molar-refractivity contribution >= 4 is 0 Å². The van der Waals surface area contributed by atoms with E-state index in [4.69, 9.17) is 16.8 Å². The van der Waals surface area contributed by atoms with Gasteiger partial charge in [0.15, 0.2) is 0 Å². The molecule has 0 aliphatic heterocycles. The predicted octanol–water partition coefficient (Wildman–Crippen LogP) is 0.892. The van der Waals surface area contributed by atoms with Crippen molar-refractivity contribution < 1.29 is 0 Å². The highest BCUT2D eigenvalue weighted by atomic mass is 15.3. The third-order valence-electron chi connectivity index (χ3n) is 0.581. The summed E-state index contributed by atoms with van der Waals surface area (Å²) in [5.41, 5.74) is 20.6. The lowest BCUT2D eigenvalue weighted by molar-refractivity contribution is 0.706. The Morgan fingerprint density at radius 3 is 2.00 bits per heavy atom. The summed E-state index contributed by atoms with van der Waals surface area (Å²) in [6.45, 7) is 0.0358. The van der Waals surface area contributed by atoms with Crippen molar-refractivity contribution in [2.45, 2.75) is 6.17 Å². The Balaban J connectivity index is 3.97. The highest BCUT2D eigenvalue weighted by Crippen LogP contribution is 1.89. The molecule has 0 unspecified atom stereocenters. The molecular formula is C2H5N7. The molecule has 0 aromatic carbocycles. The maximum Gasteiger partial charge on any atom is 0.128 e. The van der Waals surface area contributed by atoms with Gasteiger partial charge in [-0.2, -0.15) is 0 Å². The van der Waals surface area contributed by atoms with E-state index in [1.165, 1.54) is 0 Å². The summed E-state index contributed by atoms with van der Waals surface area (Å²) >= 11 is 0. The summed E-state index contributed by atoms with van der Waals surface area (Å²) in [7, 11) is 0. The van der Waals surface area contributed by atoms with Crippen LogP contribution in [0.2, 0.25) is 0 Å². The van der Waals surface area contributed by atoms with Gasteiger partial charge in [0.25, 0.3) is 0 Å². The number of hydrogen-bond acceptors (Lipinski definition) is 3. The molecule has 0 radical (unpaired) electrons. The molecule has 0 spiro atoms. The van der Waals surface area contributed by atoms with Crippen LogP contribution >= 0.6 is 0 Å². The second kappa shape index (κ2) is 4.73. The van der Waals surface area contributed by atoms with E-state index in [0.717, 1.165) is 0 Å². The maximum atomic E-state index is 7.81. The van der Waals surface area contributed by atoms with Crippen molar-refractivity contribution in [2.24, 2.45) is 16.0 Å². The lowest BCUT2D eigenvalue weighted by Gasteiger charge is -1.93. The van der Waals surface area contributed by atoms with Crippen LogP contribution in [0, 0.1) is 0 Å². The normalized spacial score (nSPS) is 10.8. The Bertz CT molecular complexity index is 142. The fourth-order valence-electron chi connectivity index (χ4n) is 0.237. The molecule has 0 aliphatic carbocycles. The summed E-state index contributed by atoms with van der Waals surface area (Å²) in [6, 6.07) is 0. The average molecular weight is 127 g/mol. The minimum absolute atomic E-state index is 0.0358. The Kier molecular flexibility index (Phi) is 3.99. The average Bonchev–Trinajstić information content (AvgIpc) is 1.88. The molecule has 0 saturated carbocycles. The minimum atomic E-state index is -0.792. The lowest BCUT2D eigenvalue weighted by Crippen LogP contribution is -2.13. The molecule has 0 bridgehead atoms. The van der Waals surface area contributed by atoms with E-state index in [1.54, 1.807) is 0 Å². The molecule has 48 valence electrons. The van der Waals surface area contributed by atoms with Crippen LogP contribution in [0.1, 0.15) is 0 Å². The number of hydrogen-bond donors (Lipinski definition) is 1. The molecule has 7 heteroatoms. The van der Waals surface area contributed by atoms with Gasteiger partial charge < -0.3 is 5.73 Å². The second-order valence-corrected chi connectivity index (χ2v) is 1.13. The number of nitrogens with two attached hydrogens (primary N) is 1. The van der Waals surface area contributed by atoms with Crippen molar-refractivity contribution in [2.75, 3.05) is 6.54 Å². The van der Waals surface area contributed by atoms with E-state index in [-0.39, 0.29) is 6.54 Å². The Morgan fingerprint density at radius 2 is 1.78 bits per heavy atom.